The van der Waals surface area contributed by atoms with E-state index in [2.05, 4.69) is 12.2 Å². The summed E-state index contributed by atoms with van der Waals surface area (Å²) in [5.74, 6) is 0. The topological polar surface area (TPSA) is 21.3 Å². The average molecular weight is 204 g/mol. The molecule has 0 bridgehead atoms. The first-order valence-electron chi connectivity index (χ1n) is 3.88. The summed E-state index contributed by atoms with van der Waals surface area (Å²) in [5, 5.41) is 3.31. The van der Waals surface area contributed by atoms with Crippen molar-refractivity contribution < 1.29 is 4.74 Å². The summed E-state index contributed by atoms with van der Waals surface area (Å²) < 4.78 is 6.32. The number of nitrogens with one attached hydrogen (secondary N) is 1. The molecule has 66 valence electrons. The van der Waals surface area contributed by atoms with Crippen LogP contribution in [0.4, 0.5) is 0 Å². The van der Waals surface area contributed by atoms with Crippen LogP contribution >= 0.6 is 22.9 Å². The minimum atomic E-state index is 0.0532. The van der Waals surface area contributed by atoms with Gasteiger partial charge in [0.25, 0.3) is 0 Å². The highest BCUT2D eigenvalue weighted by atomic mass is 35.5. The molecule has 1 N–H and O–H groups in total. The molecule has 0 radical (unpaired) electrons. The van der Waals surface area contributed by atoms with Gasteiger partial charge in [-0.2, -0.15) is 0 Å². The van der Waals surface area contributed by atoms with E-state index in [4.69, 9.17) is 16.3 Å². The molecule has 1 aliphatic heterocycles. The Morgan fingerprint density at radius 2 is 2.50 bits per heavy atom. The fourth-order valence-electron chi connectivity index (χ4n) is 1.23. The van der Waals surface area contributed by atoms with Crippen molar-refractivity contribution in [3.8, 4) is 0 Å². The predicted molar refractivity (Wildman–Crippen MR) is 50.6 cm³/mol. The van der Waals surface area contributed by atoms with Gasteiger partial charge in [0, 0.05) is 10.9 Å². The van der Waals surface area contributed by atoms with Gasteiger partial charge < -0.3 is 4.74 Å². The van der Waals surface area contributed by atoms with Crippen molar-refractivity contribution in [3.05, 3.63) is 21.3 Å². The number of halogens is 1. The van der Waals surface area contributed by atoms with Crippen LogP contribution in [0.1, 0.15) is 18.0 Å². The van der Waals surface area contributed by atoms with E-state index in [1.807, 2.05) is 12.1 Å². The van der Waals surface area contributed by atoms with Gasteiger partial charge in [0.1, 0.15) is 6.23 Å². The van der Waals surface area contributed by atoms with E-state index in [1.165, 1.54) is 0 Å². The molecule has 0 aliphatic carbocycles. The summed E-state index contributed by atoms with van der Waals surface area (Å²) in [6.45, 7) is 2.88. The van der Waals surface area contributed by atoms with Crippen molar-refractivity contribution in [3.63, 3.8) is 0 Å². The van der Waals surface area contributed by atoms with Crippen LogP contribution in [-0.2, 0) is 4.74 Å². The minimum absolute atomic E-state index is 0.0532. The second kappa shape index (κ2) is 3.34. The molecule has 1 saturated heterocycles. The Balaban J connectivity index is 2.11. The standard InChI is InChI=1S/C8H10ClNOS/c1-5-4-11-8(10-5)6-2-3-7(9)12-6/h2-3,5,8,10H,4H2,1H3. The molecule has 2 rings (SSSR count). The van der Waals surface area contributed by atoms with E-state index in [0.29, 0.717) is 6.04 Å². The number of rotatable bonds is 1. The molecule has 0 aromatic carbocycles. The van der Waals surface area contributed by atoms with E-state index in [0.717, 1.165) is 15.8 Å². The quantitative estimate of drug-likeness (QED) is 0.757. The van der Waals surface area contributed by atoms with E-state index in [9.17, 15) is 0 Å². The fraction of sp³-hybridized carbons (Fsp3) is 0.500. The van der Waals surface area contributed by atoms with Gasteiger partial charge in [0.15, 0.2) is 0 Å². The largest absolute Gasteiger partial charge is 0.357 e. The number of ether oxygens (including phenoxy) is 1. The second-order valence-electron chi connectivity index (χ2n) is 2.92. The third-order valence-corrected chi connectivity index (χ3v) is 3.08. The monoisotopic (exact) mass is 203 g/mol. The minimum Gasteiger partial charge on any atom is -0.357 e. The lowest BCUT2D eigenvalue weighted by atomic mass is 10.4. The molecule has 2 heterocycles. The number of hydrogen-bond acceptors (Lipinski definition) is 3. The Kier molecular flexibility index (Phi) is 2.37. The molecular weight excluding hydrogens is 194 g/mol. The third-order valence-electron chi connectivity index (χ3n) is 1.80. The summed E-state index contributed by atoms with van der Waals surface area (Å²) in [5.41, 5.74) is 0. The van der Waals surface area contributed by atoms with E-state index in [-0.39, 0.29) is 6.23 Å². The molecule has 1 aromatic rings. The average Bonchev–Trinajstić information content (AvgIpc) is 2.58. The molecule has 2 atom stereocenters. The molecule has 2 nitrogen and oxygen atoms in total. The maximum absolute atomic E-state index is 5.81. The maximum Gasteiger partial charge on any atom is 0.143 e. The second-order valence-corrected chi connectivity index (χ2v) is 4.67. The summed E-state index contributed by atoms with van der Waals surface area (Å²) in [6, 6.07) is 4.34. The van der Waals surface area contributed by atoms with Crippen LogP contribution < -0.4 is 5.32 Å². The first kappa shape index (κ1) is 8.51. The molecule has 1 fully saturated rings. The predicted octanol–water partition coefficient (Wildman–Crippen LogP) is 2.41. The maximum atomic E-state index is 5.81. The highest BCUT2D eigenvalue weighted by molar-refractivity contribution is 7.16. The van der Waals surface area contributed by atoms with Gasteiger partial charge in [-0.25, -0.2) is 0 Å². The zero-order chi connectivity index (χ0) is 8.55. The van der Waals surface area contributed by atoms with Crippen LogP contribution in [0, 0.1) is 0 Å². The lowest BCUT2D eigenvalue weighted by Gasteiger charge is -2.06. The SMILES string of the molecule is CC1COC(c2ccc(Cl)s2)N1. The molecule has 2 unspecified atom stereocenters. The van der Waals surface area contributed by atoms with E-state index in [1.54, 1.807) is 11.3 Å². The molecule has 1 aromatic heterocycles. The zero-order valence-electron chi connectivity index (χ0n) is 6.71. The van der Waals surface area contributed by atoms with Crippen molar-refractivity contribution in [2.45, 2.75) is 19.2 Å². The van der Waals surface area contributed by atoms with Crippen LogP contribution in [0.15, 0.2) is 12.1 Å². The Labute approximate surface area is 80.5 Å². The van der Waals surface area contributed by atoms with Gasteiger partial charge in [0.2, 0.25) is 0 Å². The Morgan fingerprint density at radius 1 is 1.67 bits per heavy atom. The van der Waals surface area contributed by atoms with Crippen molar-refractivity contribution in [1.82, 2.24) is 5.32 Å². The van der Waals surface area contributed by atoms with Crippen molar-refractivity contribution in [2.24, 2.45) is 0 Å². The molecule has 1 aliphatic rings. The molecule has 0 amide bonds. The molecular formula is C8H10ClNOS. The smallest absolute Gasteiger partial charge is 0.143 e. The molecule has 0 spiro atoms. The highest BCUT2D eigenvalue weighted by Gasteiger charge is 2.23. The Morgan fingerprint density at radius 3 is 3.00 bits per heavy atom. The van der Waals surface area contributed by atoms with Crippen molar-refractivity contribution in [1.29, 1.82) is 0 Å². The van der Waals surface area contributed by atoms with E-state index >= 15 is 0 Å². The molecule has 12 heavy (non-hydrogen) atoms. The first-order valence-corrected chi connectivity index (χ1v) is 5.08. The van der Waals surface area contributed by atoms with Crippen LogP contribution in [0.5, 0.6) is 0 Å². The van der Waals surface area contributed by atoms with Crippen LogP contribution in [0.3, 0.4) is 0 Å². The van der Waals surface area contributed by atoms with Gasteiger partial charge in [-0.05, 0) is 19.1 Å². The Hall–Kier alpha value is -0.0900. The van der Waals surface area contributed by atoms with Crippen molar-refractivity contribution >= 4 is 22.9 Å². The summed E-state index contributed by atoms with van der Waals surface area (Å²) >= 11 is 7.38. The summed E-state index contributed by atoms with van der Waals surface area (Å²) in [4.78, 5) is 1.16. The fourth-order valence-corrected chi connectivity index (χ4v) is 2.30. The molecule has 4 heteroatoms. The third kappa shape index (κ3) is 1.64. The van der Waals surface area contributed by atoms with Crippen LogP contribution in [-0.4, -0.2) is 12.6 Å². The zero-order valence-corrected chi connectivity index (χ0v) is 8.28. The lowest BCUT2D eigenvalue weighted by Crippen LogP contribution is -2.21. The lowest BCUT2D eigenvalue weighted by molar-refractivity contribution is 0.104. The van der Waals surface area contributed by atoms with Gasteiger partial charge in [0.05, 0.1) is 10.9 Å². The number of hydrogen-bond donors (Lipinski definition) is 1. The van der Waals surface area contributed by atoms with Crippen LogP contribution in [0.2, 0.25) is 4.34 Å². The molecule has 0 saturated carbocycles. The normalized spacial score (nSPS) is 29.5. The van der Waals surface area contributed by atoms with E-state index < -0.39 is 0 Å². The van der Waals surface area contributed by atoms with Gasteiger partial charge in [-0.1, -0.05) is 11.6 Å². The van der Waals surface area contributed by atoms with Gasteiger partial charge >= 0.3 is 0 Å². The number of thiophene rings is 1. The Bertz CT molecular complexity index is 276. The first-order chi connectivity index (χ1) is 5.75. The van der Waals surface area contributed by atoms with Gasteiger partial charge in [-0.3, -0.25) is 5.32 Å². The summed E-state index contributed by atoms with van der Waals surface area (Å²) in [6.07, 6.45) is 0.0532. The van der Waals surface area contributed by atoms with Crippen molar-refractivity contribution in [2.75, 3.05) is 6.61 Å². The summed E-state index contributed by atoms with van der Waals surface area (Å²) in [7, 11) is 0. The van der Waals surface area contributed by atoms with Crippen LogP contribution in [0.25, 0.3) is 0 Å². The highest BCUT2D eigenvalue weighted by Crippen LogP contribution is 2.29. The van der Waals surface area contributed by atoms with Gasteiger partial charge in [-0.15, -0.1) is 11.3 Å².